The number of aryl methyl sites for hydroxylation is 1. The average Bonchev–Trinajstić information content (AvgIpc) is 3.09. The number of carbonyl (C=O) groups is 1. The Morgan fingerprint density at radius 2 is 2.36 bits per heavy atom. The molecule has 0 spiro atoms. The van der Waals surface area contributed by atoms with Crippen LogP contribution < -0.4 is 5.32 Å². The number of nitrogens with zero attached hydrogens (tertiary/aromatic N) is 3. The molecule has 1 N–H and O–H groups in total. The number of aromatic nitrogens is 2. The van der Waals surface area contributed by atoms with Crippen LogP contribution in [0.1, 0.15) is 5.56 Å². The molecule has 22 heavy (non-hydrogen) atoms. The van der Waals surface area contributed by atoms with Crippen molar-refractivity contribution in [1.29, 1.82) is 0 Å². The van der Waals surface area contributed by atoms with Gasteiger partial charge in [0.15, 0.2) is 4.34 Å². The second-order valence-corrected chi connectivity index (χ2v) is 7.14. The van der Waals surface area contributed by atoms with Crippen LogP contribution in [-0.2, 0) is 4.74 Å². The Bertz CT molecular complexity index is 662. The largest absolute Gasteiger partial charge is 0.448 e. The maximum Gasteiger partial charge on any atom is 0.409 e. The second kappa shape index (κ2) is 6.97. The van der Waals surface area contributed by atoms with Gasteiger partial charge in [-0.25, -0.2) is 4.79 Å². The standard InChI is InChI=1S/C14H16N4O2S2/c1-10-3-2-4-11(9-10)15-12-16-17-13(22-12)21-8-6-18-5-7-20-14(18)19/h2-4,9H,5-8H2,1H3,(H,15,16). The molecule has 0 aliphatic carbocycles. The zero-order valence-corrected chi connectivity index (χ0v) is 13.7. The van der Waals surface area contributed by atoms with Crippen LogP contribution in [0.25, 0.3) is 0 Å². The van der Waals surface area contributed by atoms with Gasteiger partial charge in [0.1, 0.15) is 6.61 Å². The number of ether oxygens (including phenoxy) is 1. The summed E-state index contributed by atoms with van der Waals surface area (Å²) in [6.07, 6.45) is -0.223. The smallest absolute Gasteiger partial charge is 0.409 e. The van der Waals surface area contributed by atoms with Gasteiger partial charge >= 0.3 is 6.09 Å². The van der Waals surface area contributed by atoms with Crippen molar-refractivity contribution >= 4 is 40.0 Å². The van der Waals surface area contributed by atoms with E-state index in [0.29, 0.717) is 19.7 Å². The molecule has 1 aromatic heterocycles. The third-order valence-electron chi connectivity index (χ3n) is 3.11. The normalized spacial score (nSPS) is 14.2. The molecule has 1 aliphatic rings. The molecule has 0 saturated carbocycles. The van der Waals surface area contributed by atoms with Crippen molar-refractivity contribution < 1.29 is 9.53 Å². The van der Waals surface area contributed by atoms with Crippen molar-refractivity contribution in [1.82, 2.24) is 15.1 Å². The first-order chi connectivity index (χ1) is 10.7. The van der Waals surface area contributed by atoms with Crippen LogP contribution in [0.5, 0.6) is 0 Å². The first-order valence-electron chi connectivity index (χ1n) is 6.92. The summed E-state index contributed by atoms with van der Waals surface area (Å²) in [4.78, 5) is 13.0. The highest BCUT2D eigenvalue weighted by molar-refractivity contribution is 8.01. The van der Waals surface area contributed by atoms with E-state index in [1.165, 1.54) is 16.9 Å². The van der Waals surface area contributed by atoms with Gasteiger partial charge in [0.05, 0.1) is 6.54 Å². The number of hydrogen-bond donors (Lipinski definition) is 1. The summed E-state index contributed by atoms with van der Waals surface area (Å²) in [6, 6.07) is 8.12. The Morgan fingerprint density at radius 3 is 3.14 bits per heavy atom. The fourth-order valence-electron chi connectivity index (χ4n) is 2.04. The molecule has 0 radical (unpaired) electrons. The van der Waals surface area contributed by atoms with Crippen molar-refractivity contribution in [2.24, 2.45) is 0 Å². The Morgan fingerprint density at radius 1 is 1.45 bits per heavy atom. The van der Waals surface area contributed by atoms with Gasteiger partial charge in [-0.15, -0.1) is 10.2 Å². The molecule has 2 heterocycles. The zero-order chi connectivity index (χ0) is 15.4. The lowest BCUT2D eigenvalue weighted by Gasteiger charge is -2.10. The SMILES string of the molecule is Cc1cccc(Nc2nnc(SCCN3CCOC3=O)s2)c1. The molecule has 116 valence electrons. The minimum absolute atomic E-state index is 0.223. The Hall–Kier alpha value is -1.80. The minimum Gasteiger partial charge on any atom is -0.448 e. The number of hydrogen-bond acceptors (Lipinski definition) is 7. The number of rotatable bonds is 6. The molecular formula is C14H16N4O2S2. The minimum atomic E-state index is -0.223. The Labute approximate surface area is 136 Å². The van der Waals surface area contributed by atoms with Gasteiger partial charge in [0.2, 0.25) is 5.13 Å². The van der Waals surface area contributed by atoms with Crippen molar-refractivity contribution in [3.63, 3.8) is 0 Å². The van der Waals surface area contributed by atoms with Crippen molar-refractivity contribution in [2.45, 2.75) is 11.3 Å². The van der Waals surface area contributed by atoms with Crippen LogP contribution in [0, 0.1) is 6.92 Å². The lowest BCUT2D eigenvalue weighted by Crippen LogP contribution is -2.26. The van der Waals surface area contributed by atoms with Crippen LogP contribution >= 0.6 is 23.1 Å². The zero-order valence-electron chi connectivity index (χ0n) is 12.1. The lowest BCUT2D eigenvalue weighted by atomic mass is 10.2. The third-order valence-corrected chi connectivity index (χ3v) is 5.06. The number of carbonyl (C=O) groups excluding carboxylic acids is 1. The summed E-state index contributed by atoms with van der Waals surface area (Å²) in [5.41, 5.74) is 2.20. The Balaban J connectivity index is 1.49. The summed E-state index contributed by atoms with van der Waals surface area (Å²) >= 11 is 3.11. The monoisotopic (exact) mass is 336 g/mol. The van der Waals surface area contributed by atoms with E-state index < -0.39 is 0 Å². The van der Waals surface area contributed by atoms with Crippen LogP contribution in [-0.4, -0.2) is 46.6 Å². The molecule has 1 aliphatic heterocycles. The average molecular weight is 336 g/mol. The number of cyclic esters (lactones) is 1. The highest BCUT2D eigenvalue weighted by Gasteiger charge is 2.21. The van der Waals surface area contributed by atoms with Gasteiger partial charge in [-0.2, -0.15) is 0 Å². The molecule has 0 bridgehead atoms. The van der Waals surface area contributed by atoms with Gasteiger partial charge in [-0.3, -0.25) is 0 Å². The number of thioether (sulfide) groups is 1. The highest BCUT2D eigenvalue weighted by Crippen LogP contribution is 2.28. The van der Waals surface area contributed by atoms with Crippen molar-refractivity contribution in [3.8, 4) is 0 Å². The topological polar surface area (TPSA) is 67.3 Å². The Kier molecular flexibility index (Phi) is 4.79. The summed E-state index contributed by atoms with van der Waals surface area (Å²) in [6.45, 7) is 3.89. The predicted octanol–water partition coefficient (Wildman–Crippen LogP) is 3.13. The van der Waals surface area contributed by atoms with Crippen LogP contribution in [0.3, 0.4) is 0 Å². The number of benzene rings is 1. The molecule has 6 nitrogen and oxygen atoms in total. The van der Waals surface area contributed by atoms with Crippen LogP contribution in [0.15, 0.2) is 28.6 Å². The maximum atomic E-state index is 11.3. The predicted molar refractivity (Wildman–Crippen MR) is 88.0 cm³/mol. The first kappa shape index (κ1) is 15.1. The van der Waals surface area contributed by atoms with Crippen LogP contribution in [0.2, 0.25) is 0 Å². The fourth-order valence-corrected chi connectivity index (χ4v) is 3.84. The van der Waals surface area contributed by atoms with Gasteiger partial charge in [-0.05, 0) is 24.6 Å². The van der Waals surface area contributed by atoms with Gasteiger partial charge in [0.25, 0.3) is 0 Å². The molecule has 1 aromatic carbocycles. The van der Waals surface area contributed by atoms with E-state index in [2.05, 4.69) is 34.6 Å². The van der Waals surface area contributed by atoms with E-state index in [-0.39, 0.29) is 6.09 Å². The molecule has 0 atom stereocenters. The van der Waals surface area contributed by atoms with Crippen molar-refractivity contribution in [3.05, 3.63) is 29.8 Å². The number of nitrogens with one attached hydrogen (secondary N) is 1. The summed E-state index contributed by atoms with van der Waals surface area (Å²) < 4.78 is 5.78. The molecule has 1 fully saturated rings. The van der Waals surface area contributed by atoms with Gasteiger partial charge < -0.3 is 15.0 Å². The third kappa shape index (κ3) is 3.89. The van der Waals surface area contributed by atoms with Gasteiger partial charge in [-0.1, -0.05) is 35.2 Å². The number of amides is 1. The van der Waals surface area contributed by atoms with E-state index in [4.69, 9.17) is 4.74 Å². The summed E-state index contributed by atoms with van der Waals surface area (Å²) in [5.74, 6) is 0.786. The molecule has 1 amide bonds. The highest BCUT2D eigenvalue weighted by atomic mass is 32.2. The second-order valence-electron chi connectivity index (χ2n) is 4.82. The van der Waals surface area contributed by atoms with E-state index in [9.17, 15) is 4.79 Å². The molecule has 3 rings (SSSR count). The maximum absolute atomic E-state index is 11.3. The summed E-state index contributed by atoms with van der Waals surface area (Å²) in [5, 5.41) is 12.3. The fraction of sp³-hybridized carbons (Fsp3) is 0.357. The first-order valence-corrected chi connectivity index (χ1v) is 8.72. The lowest BCUT2D eigenvalue weighted by molar-refractivity contribution is 0.160. The molecule has 1 saturated heterocycles. The van der Waals surface area contributed by atoms with E-state index >= 15 is 0 Å². The van der Waals surface area contributed by atoms with E-state index in [0.717, 1.165) is 20.9 Å². The number of anilines is 2. The molecule has 2 aromatic rings. The molecule has 0 unspecified atom stereocenters. The van der Waals surface area contributed by atoms with Crippen molar-refractivity contribution in [2.75, 3.05) is 30.8 Å². The summed E-state index contributed by atoms with van der Waals surface area (Å²) in [7, 11) is 0. The quantitative estimate of drug-likeness (QED) is 0.818. The molecule has 8 heteroatoms. The molecular weight excluding hydrogens is 320 g/mol. The van der Waals surface area contributed by atoms with E-state index in [1.54, 1.807) is 16.7 Å². The van der Waals surface area contributed by atoms with E-state index in [1.807, 2.05) is 12.1 Å². The van der Waals surface area contributed by atoms with Crippen LogP contribution in [0.4, 0.5) is 15.6 Å². The van der Waals surface area contributed by atoms with Gasteiger partial charge in [0, 0.05) is 18.0 Å².